The molecule has 2 atom stereocenters. The molecule has 0 aliphatic carbocycles. The first kappa shape index (κ1) is 13.4. The van der Waals surface area contributed by atoms with Crippen molar-refractivity contribution in [2.24, 2.45) is 0 Å². The Kier molecular flexibility index (Phi) is 5.74. The standard InChI is InChI=1S/C12H18N2O.ClH/c1-10(12-6-2-3-7-14-12)15-9-11-5-4-8-13-11;/h2-3,6-7,10-11,13H,4-5,8-9H2,1H3;1H. The van der Waals surface area contributed by atoms with E-state index in [1.165, 1.54) is 12.8 Å². The fourth-order valence-electron chi connectivity index (χ4n) is 1.86. The van der Waals surface area contributed by atoms with E-state index in [2.05, 4.69) is 17.2 Å². The molecule has 90 valence electrons. The predicted octanol–water partition coefficient (Wildman–Crippen LogP) is 2.33. The molecule has 0 saturated carbocycles. The van der Waals surface area contributed by atoms with E-state index in [4.69, 9.17) is 4.74 Å². The average Bonchev–Trinajstić information content (AvgIpc) is 2.80. The minimum absolute atomic E-state index is 0. The Morgan fingerprint density at radius 3 is 3.06 bits per heavy atom. The predicted molar refractivity (Wildman–Crippen MR) is 66.9 cm³/mol. The van der Waals surface area contributed by atoms with Crippen LogP contribution in [0.4, 0.5) is 0 Å². The van der Waals surface area contributed by atoms with Crippen LogP contribution in [0.2, 0.25) is 0 Å². The van der Waals surface area contributed by atoms with Gasteiger partial charge in [0.05, 0.1) is 18.4 Å². The Hall–Kier alpha value is -0.640. The molecule has 1 saturated heterocycles. The van der Waals surface area contributed by atoms with Crippen molar-refractivity contribution in [3.63, 3.8) is 0 Å². The molecule has 1 aliphatic heterocycles. The number of rotatable bonds is 4. The first-order valence-electron chi connectivity index (χ1n) is 5.62. The van der Waals surface area contributed by atoms with E-state index in [1.54, 1.807) is 0 Å². The van der Waals surface area contributed by atoms with Crippen LogP contribution in [0.3, 0.4) is 0 Å². The van der Waals surface area contributed by atoms with Gasteiger partial charge in [0.25, 0.3) is 0 Å². The molecular formula is C12H19ClN2O. The van der Waals surface area contributed by atoms with Crippen molar-refractivity contribution in [1.29, 1.82) is 0 Å². The van der Waals surface area contributed by atoms with Crippen LogP contribution in [0.5, 0.6) is 0 Å². The maximum absolute atomic E-state index is 5.79. The van der Waals surface area contributed by atoms with Crippen molar-refractivity contribution in [3.05, 3.63) is 30.1 Å². The van der Waals surface area contributed by atoms with Gasteiger partial charge in [-0.05, 0) is 38.4 Å². The summed E-state index contributed by atoms with van der Waals surface area (Å²) in [4.78, 5) is 4.28. The van der Waals surface area contributed by atoms with Gasteiger partial charge in [-0.2, -0.15) is 0 Å². The highest BCUT2D eigenvalue weighted by Gasteiger charge is 2.16. The van der Waals surface area contributed by atoms with E-state index >= 15 is 0 Å². The fraction of sp³-hybridized carbons (Fsp3) is 0.583. The molecule has 4 heteroatoms. The lowest BCUT2D eigenvalue weighted by molar-refractivity contribution is 0.0499. The maximum atomic E-state index is 5.79. The van der Waals surface area contributed by atoms with Crippen molar-refractivity contribution in [1.82, 2.24) is 10.3 Å². The number of hydrogen-bond donors (Lipinski definition) is 1. The molecule has 1 fully saturated rings. The van der Waals surface area contributed by atoms with Crippen molar-refractivity contribution < 1.29 is 4.74 Å². The van der Waals surface area contributed by atoms with E-state index < -0.39 is 0 Å². The second-order valence-electron chi connectivity index (χ2n) is 4.02. The van der Waals surface area contributed by atoms with Crippen molar-refractivity contribution in [2.75, 3.05) is 13.2 Å². The lowest BCUT2D eigenvalue weighted by Gasteiger charge is -2.16. The van der Waals surface area contributed by atoms with Crippen LogP contribution < -0.4 is 5.32 Å². The third-order valence-electron chi connectivity index (χ3n) is 2.81. The number of nitrogens with one attached hydrogen (secondary N) is 1. The largest absolute Gasteiger partial charge is 0.371 e. The van der Waals surface area contributed by atoms with Gasteiger partial charge in [0, 0.05) is 12.2 Å². The summed E-state index contributed by atoms with van der Waals surface area (Å²) in [6, 6.07) is 6.47. The van der Waals surface area contributed by atoms with Crippen LogP contribution in [0, 0.1) is 0 Å². The van der Waals surface area contributed by atoms with Crippen molar-refractivity contribution in [2.45, 2.75) is 31.9 Å². The lowest BCUT2D eigenvalue weighted by Crippen LogP contribution is -2.27. The molecule has 1 aromatic heterocycles. The lowest BCUT2D eigenvalue weighted by atomic mass is 10.2. The molecule has 0 radical (unpaired) electrons. The highest BCUT2D eigenvalue weighted by Crippen LogP contribution is 2.15. The van der Waals surface area contributed by atoms with Gasteiger partial charge in [-0.3, -0.25) is 4.98 Å². The summed E-state index contributed by atoms with van der Waals surface area (Å²) in [5.74, 6) is 0. The topological polar surface area (TPSA) is 34.1 Å². The zero-order valence-corrected chi connectivity index (χ0v) is 10.4. The van der Waals surface area contributed by atoms with E-state index in [1.807, 2.05) is 24.4 Å². The van der Waals surface area contributed by atoms with Crippen LogP contribution in [-0.4, -0.2) is 24.2 Å². The number of ether oxygens (including phenoxy) is 1. The highest BCUT2D eigenvalue weighted by molar-refractivity contribution is 5.85. The third kappa shape index (κ3) is 3.74. The number of nitrogens with zero attached hydrogens (tertiary/aromatic N) is 1. The maximum Gasteiger partial charge on any atom is 0.0967 e. The second-order valence-corrected chi connectivity index (χ2v) is 4.02. The molecule has 16 heavy (non-hydrogen) atoms. The van der Waals surface area contributed by atoms with Crippen LogP contribution in [-0.2, 0) is 4.74 Å². The quantitative estimate of drug-likeness (QED) is 0.880. The smallest absolute Gasteiger partial charge is 0.0967 e. The average molecular weight is 243 g/mol. The summed E-state index contributed by atoms with van der Waals surface area (Å²) in [5.41, 5.74) is 1.01. The molecule has 2 rings (SSSR count). The van der Waals surface area contributed by atoms with E-state index in [0.29, 0.717) is 6.04 Å². The summed E-state index contributed by atoms with van der Waals surface area (Å²) in [7, 11) is 0. The summed E-state index contributed by atoms with van der Waals surface area (Å²) in [5, 5.41) is 3.42. The van der Waals surface area contributed by atoms with Gasteiger partial charge in [-0.15, -0.1) is 12.4 Å². The second kappa shape index (κ2) is 6.84. The Bertz CT molecular complexity index is 288. The first-order valence-corrected chi connectivity index (χ1v) is 5.62. The van der Waals surface area contributed by atoms with Crippen molar-refractivity contribution >= 4 is 12.4 Å². The fourth-order valence-corrected chi connectivity index (χ4v) is 1.86. The molecule has 0 spiro atoms. The third-order valence-corrected chi connectivity index (χ3v) is 2.81. The van der Waals surface area contributed by atoms with E-state index in [9.17, 15) is 0 Å². The van der Waals surface area contributed by atoms with Crippen LogP contribution in [0.25, 0.3) is 0 Å². The number of halogens is 1. The summed E-state index contributed by atoms with van der Waals surface area (Å²) in [6.45, 7) is 3.97. The summed E-state index contributed by atoms with van der Waals surface area (Å²) >= 11 is 0. The van der Waals surface area contributed by atoms with E-state index in [0.717, 1.165) is 18.8 Å². The SMILES string of the molecule is CC(OCC1CCCN1)c1ccccn1.Cl. The Balaban J connectivity index is 0.00000128. The minimum Gasteiger partial charge on any atom is -0.371 e. The zero-order chi connectivity index (χ0) is 10.5. The summed E-state index contributed by atoms with van der Waals surface area (Å²) < 4.78 is 5.79. The van der Waals surface area contributed by atoms with Crippen LogP contribution >= 0.6 is 12.4 Å². The monoisotopic (exact) mass is 242 g/mol. The molecule has 0 amide bonds. The van der Waals surface area contributed by atoms with Gasteiger partial charge in [-0.25, -0.2) is 0 Å². The Morgan fingerprint density at radius 1 is 1.56 bits per heavy atom. The molecule has 0 aromatic carbocycles. The molecule has 1 N–H and O–H groups in total. The molecule has 2 unspecified atom stereocenters. The molecule has 3 nitrogen and oxygen atoms in total. The Morgan fingerprint density at radius 2 is 2.44 bits per heavy atom. The Labute approximate surface area is 103 Å². The first-order chi connectivity index (χ1) is 7.36. The molecule has 2 heterocycles. The number of hydrogen-bond acceptors (Lipinski definition) is 3. The molecular weight excluding hydrogens is 224 g/mol. The number of pyridine rings is 1. The normalized spacial score (nSPS) is 21.4. The van der Waals surface area contributed by atoms with Gasteiger partial charge < -0.3 is 10.1 Å². The van der Waals surface area contributed by atoms with Gasteiger partial charge in [0.15, 0.2) is 0 Å². The number of aromatic nitrogens is 1. The minimum atomic E-state index is 0. The van der Waals surface area contributed by atoms with Crippen LogP contribution in [0.1, 0.15) is 31.6 Å². The van der Waals surface area contributed by atoms with Gasteiger partial charge in [0.1, 0.15) is 0 Å². The van der Waals surface area contributed by atoms with Gasteiger partial charge in [-0.1, -0.05) is 6.07 Å². The highest BCUT2D eigenvalue weighted by atomic mass is 35.5. The van der Waals surface area contributed by atoms with Gasteiger partial charge >= 0.3 is 0 Å². The molecule has 1 aliphatic rings. The molecule has 0 bridgehead atoms. The van der Waals surface area contributed by atoms with Crippen molar-refractivity contribution in [3.8, 4) is 0 Å². The molecule has 1 aromatic rings. The summed E-state index contributed by atoms with van der Waals surface area (Å²) in [6.07, 6.45) is 4.40. The van der Waals surface area contributed by atoms with Crippen LogP contribution in [0.15, 0.2) is 24.4 Å². The van der Waals surface area contributed by atoms with Gasteiger partial charge in [0.2, 0.25) is 0 Å². The zero-order valence-electron chi connectivity index (χ0n) is 9.56. The van der Waals surface area contributed by atoms with E-state index in [-0.39, 0.29) is 18.5 Å².